The zero-order valence-electron chi connectivity index (χ0n) is 8.75. The summed E-state index contributed by atoms with van der Waals surface area (Å²) >= 11 is 0. The summed E-state index contributed by atoms with van der Waals surface area (Å²) in [4.78, 5) is 0. The minimum Gasteiger partial charge on any atom is -0.396 e. The summed E-state index contributed by atoms with van der Waals surface area (Å²) in [6.45, 7) is 6.27. The van der Waals surface area contributed by atoms with Crippen LogP contribution in [-0.4, -0.2) is 28.0 Å². The highest BCUT2D eigenvalue weighted by Crippen LogP contribution is 2.24. The average molecular weight is 195 g/mol. The van der Waals surface area contributed by atoms with E-state index in [1.54, 1.807) is 0 Å². The molecule has 2 rings (SSSR count). The predicted molar refractivity (Wildman–Crippen MR) is 55.4 cm³/mol. The molecule has 0 aromatic carbocycles. The van der Waals surface area contributed by atoms with Crippen LogP contribution in [0, 0.1) is 19.8 Å². The first-order valence-corrected chi connectivity index (χ1v) is 5.11. The lowest BCUT2D eigenvalue weighted by molar-refractivity contribution is 0.244. The molecule has 2 heterocycles. The van der Waals surface area contributed by atoms with Crippen molar-refractivity contribution in [2.24, 2.45) is 5.92 Å². The molecule has 0 aliphatic carbocycles. The third-order valence-electron chi connectivity index (χ3n) is 2.95. The van der Waals surface area contributed by atoms with Crippen LogP contribution in [-0.2, 0) is 6.54 Å². The van der Waals surface area contributed by atoms with E-state index < -0.39 is 0 Å². The van der Waals surface area contributed by atoms with Gasteiger partial charge in [0.1, 0.15) is 5.82 Å². The van der Waals surface area contributed by atoms with Crippen molar-refractivity contribution in [3.63, 3.8) is 0 Å². The smallest absolute Gasteiger partial charge is 0.127 e. The second-order valence-electron chi connectivity index (χ2n) is 4.00. The molecule has 0 saturated heterocycles. The molecule has 1 aromatic heterocycles. The molecule has 1 aromatic rings. The molecule has 78 valence electrons. The van der Waals surface area contributed by atoms with Gasteiger partial charge in [-0.3, -0.25) is 0 Å². The van der Waals surface area contributed by atoms with E-state index in [9.17, 15) is 0 Å². The van der Waals surface area contributed by atoms with Gasteiger partial charge in [0.15, 0.2) is 0 Å². The maximum atomic E-state index is 8.87. The number of nitrogens with one attached hydrogen (secondary N) is 1. The van der Waals surface area contributed by atoms with Gasteiger partial charge < -0.3 is 10.4 Å². The van der Waals surface area contributed by atoms with Crippen LogP contribution in [0.15, 0.2) is 0 Å². The van der Waals surface area contributed by atoms with Crippen LogP contribution in [0.25, 0.3) is 0 Å². The third kappa shape index (κ3) is 1.50. The summed E-state index contributed by atoms with van der Waals surface area (Å²) in [6, 6.07) is 0. The molecule has 1 unspecified atom stereocenters. The van der Waals surface area contributed by atoms with Crippen molar-refractivity contribution >= 4 is 5.82 Å². The number of aliphatic hydroxyl groups is 1. The third-order valence-corrected chi connectivity index (χ3v) is 2.95. The van der Waals surface area contributed by atoms with Gasteiger partial charge in [0, 0.05) is 25.3 Å². The molecule has 1 atom stereocenters. The highest BCUT2D eigenvalue weighted by Gasteiger charge is 2.20. The molecule has 0 fully saturated rings. The SMILES string of the molecule is Cc1nn2c(c1C)NCC(CCO)C2. The lowest BCUT2D eigenvalue weighted by Crippen LogP contribution is -2.28. The standard InChI is InChI=1S/C10H17N3O/c1-7-8(2)12-13-6-9(3-4-14)5-11-10(7)13/h9,11,14H,3-6H2,1-2H3. The van der Waals surface area contributed by atoms with E-state index >= 15 is 0 Å². The van der Waals surface area contributed by atoms with Crippen LogP contribution < -0.4 is 5.32 Å². The molecule has 1 aliphatic heterocycles. The fourth-order valence-corrected chi connectivity index (χ4v) is 1.95. The second kappa shape index (κ2) is 3.61. The Morgan fingerprint density at radius 1 is 1.57 bits per heavy atom. The van der Waals surface area contributed by atoms with Gasteiger partial charge >= 0.3 is 0 Å². The molecule has 0 spiro atoms. The Labute approximate surface area is 83.9 Å². The summed E-state index contributed by atoms with van der Waals surface area (Å²) in [5.74, 6) is 1.66. The summed E-state index contributed by atoms with van der Waals surface area (Å²) in [6.07, 6.45) is 0.852. The minimum absolute atomic E-state index is 0.265. The van der Waals surface area contributed by atoms with Gasteiger partial charge in [-0.15, -0.1) is 0 Å². The van der Waals surface area contributed by atoms with Gasteiger partial charge in [-0.05, 0) is 26.2 Å². The zero-order chi connectivity index (χ0) is 10.1. The number of nitrogens with zero attached hydrogens (tertiary/aromatic N) is 2. The van der Waals surface area contributed by atoms with Gasteiger partial charge in [0.2, 0.25) is 0 Å². The first-order chi connectivity index (χ1) is 6.72. The maximum Gasteiger partial charge on any atom is 0.127 e. The van der Waals surface area contributed by atoms with Crippen LogP contribution in [0.1, 0.15) is 17.7 Å². The number of aryl methyl sites for hydroxylation is 1. The molecular weight excluding hydrogens is 178 g/mol. The molecule has 0 radical (unpaired) electrons. The number of hydrogen-bond donors (Lipinski definition) is 2. The topological polar surface area (TPSA) is 50.1 Å². The van der Waals surface area contributed by atoms with Crippen LogP contribution >= 0.6 is 0 Å². The van der Waals surface area contributed by atoms with E-state index in [0.717, 1.165) is 31.0 Å². The Hall–Kier alpha value is -1.03. The molecule has 4 heteroatoms. The van der Waals surface area contributed by atoms with Gasteiger partial charge in [-0.2, -0.15) is 5.10 Å². The number of aromatic nitrogens is 2. The molecule has 0 amide bonds. The van der Waals surface area contributed by atoms with E-state index in [0.29, 0.717) is 5.92 Å². The van der Waals surface area contributed by atoms with Crippen LogP contribution in [0.5, 0.6) is 0 Å². The van der Waals surface area contributed by atoms with Crippen molar-refractivity contribution in [3.05, 3.63) is 11.3 Å². The van der Waals surface area contributed by atoms with Crippen LogP contribution in [0.3, 0.4) is 0 Å². The lowest BCUT2D eigenvalue weighted by Gasteiger charge is -2.24. The number of fused-ring (bicyclic) bond motifs is 1. The highest BCUT2D eigenvalue weighted by molar-refractivity contribution is 5.47. The van der Waals surface area contributed by atoms with Gasteiger partial charge in [-0.25, -0.2) is 4.68 Å². The molecule has 4 nitrogen and oxygen atoms in total. The van der Waals surface area contributed by atoms with Crippen molar-refractivity contribution in [1.29, 1.82) is 0 Å². The number of hydrogen-bond acceptors (Lipinski definition) is 3. The van der Waals surface area contributed by atoms with Crippen molar-refractivity contribution in [2.75, 3.05) is 18.5 Å². The van der Waals surface area contributed by atoms with Crippen molar-refractivity contribution in [2.45, 2.75) is 26.8 Å². The normalized spacial score (nSPS) is 20.4. The van der Waals surface area contributed by atoms with E-state index in [2.05, 4.69) is 17.3 Å². The molecule has 2 N–H and O–H groups in total. The second-order valence-corrected chi connectivity index (χ2v) is 4.00. The monoisotopic (exact) mass is 195 g/mol. The molecule has 0 saturated carbocycles. The van der Waals surface area contributed by atoms with E-state index in [1.807, 2.05) is 11.6 Å². The Morgan fingerprint density at radius 3 is 3.07 bits per heavy atom. The summed E-state index contributed by atoms with van der Waals surface area (Å²) in [7, 11) is 0. The van der Waals surface area contributed by atoms with Crippen LogP contribution in [0.4, 0.5) is 5.82 Å². The summed E-state index contributed by atoms with van der Waals surface area (Å²) < 4.78 is 2.02. The lowest BCUT2D eigenvalue weighted by atomic mass is 10.0. The fraction of sp³-hybridized carbons (Fsp3) is 0.700. The van der Waals surface area contributed by atoms with E-state index in [-0.39, 0.29) is 6.61 Å². The Morgan fingerprint density at radius 2 is 2.36 bits per heavy atom. The molecule has 1 aliphatic rings. The molecule has 14 heavy (non-hydrogen) atoms. The number of aliphatic hydroxyl groups excluding tert-OH is 1. The number of rotatable bonds is 2. The summed E-state index contributed by atoms with van der Waals surface area (Å²) in [5.41, 5.74) is 2.34. The van der Waals surface area contributed by atoms with Gasteiger partial charge in [0.25, 0.3) is 0 Å². The van der Waals surface area contributed by atoms with Gasteiger partial charge in [0.05, 0.1) is 5.69 Å². The first-order valence-electron chi connectivity index (χ1n) is 5.11. The maximum absolute atomic E-state index is 8.87. The molecular formula is C10H17N3O. The van der Waals surface area contributed by atoms with Crippen molar-refractivity contribution < 1.29 is 5.11 Å². The fourth-order valence-electron chi connectivity index (χ4n) is 1.95. The quantitative estimate of drug-likeness (QED) is 0.738. The zero-order valence-corrected chi connectivity index (χ0v) is 8.75. The van der Waals surface area contributed by atoms with E-state index in [1.165, 1.54) is 5.56 Å². The van der Waals surface area contributed by atoms with Gasteiger partial charge in [-0.1, -0.05) is 0 Å². The van der Waals surface area contributed by atoms with Crippen molar-refractivity contribution in [1.82, 2.24) is 9.78 Å². The summed E-state index contributed by atoms with van der Waals surface area (Å²) in [5, 5.41) is 16.7. The van der Waals surface area contributed by atoms with E-state index in [4.69, 9.17) is 5.11 Å². The predicted octanol–water partition coefficient (Wildman–Crippen LogP) is 0.924. The number of anilines is 1. The van der Waals surface area contributed by atoms with Crippen LogP contribution in [0.2, 0.25) is 0 Å². The molecule has 0 bridgehead atoms. The Bertz CT molecular complexity index is 332. The average Bonchev–Trinajstić information content (AvgIpc) is 2.43. The minimum atomic E-state index is 0.265. The Kier molecular flexibility index (Phi) is 2.46. The first kappa shape index (κ1) is 9.52. The highest BCUT2D eigenvalue weighted by atomic mass is 16.3. The largest absolute Gasteiger partial charge is 0.396 e. The van der Waals surface area contributed by atoms with Crippen molar-refractivity contribution in [3.8, 4) is 0 Å². The Balaban J connectivity index is 2.19.